The molecule has 4 nitrogen and oxygen atoms in total. The van der Waals surface area contributed by atoms with Crippen LogP contribution < -0.4 is 10.1 Å². The van der Waals surface area contributed by atoms with Gasteiger partial charge in [-0.3, -0.25) is 4.79 Å². The number of carboxylic acid groups (broad SMARTS) is 1. The molecule has 4 rings (SSSR count). The summed E-state index contributed by atoms with van der Waals surface area (Å²) in [5.41, 5.74) is 1.00. The van der Waals surface area contributed by atoms with Gasteiger partial charge in [-0.15, -0.1) is 0 Å². The van der Waals surface area contributed by atoms with Crippen LogP contribution >= 0.6 is 0 Å². The maximum atomic E-state index is 14.4. The molecular formula is C23H19F2NO3. The fourth-order valence-corrected chi connectivity index (χ4v) is 3.33. The molecule has 1 aliphatic carbocycles. The number of hydrogen-bond acceptors (Lipinski definition) is 3. The molecule has 0 saturated heterocycles. The standard InChI is InChI=1S/C23H19F2NO3/c24-20-12-22(21(25)11-18(20)17-10-19(17)23(27)28)26-13-14-5-4-8-16(9-14)29-15-6-2-1-3-7-15/h1-9,11-12,17,19,26H,10,13H2,(H,27,28). The molecule has 29 heavy (non-hydrogen) atoms. The molecule has 3 aromatic carbocycles. The van der Waals surface area contributed by atoms with Crippen LogP contribution in [0.1, 0.15) is 23.5 Å². The van der Waals surface area contributed by atoms with Gasteiger partial charge >= 0.3 is 5.97 Å². The van der Waals surface area contributed by atoms with Gasteiger partial charge in [0.15, 0.2) is 0 Å². The van der Waals surface area contributed by atoms with Gasteiger partial charge in [0.25, 0.3) is 0 Å². The zero-order valence-corrected chi connectivity index (χ0v) is 15.4. The molecule has 0 aliphatic heterocycles. The molecule has 0 aromatic heterocycles. The van der Waals surface area contributed by atoms with Gasteiger partial charge in [-0.1, -0.05) is 30.3 Å². The second-order valence-corrected chi connectivity index (χ2v) is 7.06. The molecule has 2 unspecified atom stereocenters. The predicted molar refractivity (Wildman–Crippen MR) is 105 cm³/mol. The Morgan fingerprint density at radius 1 is 1.00 bits per heavy atom. The van der Waals surface area contributed by atoms with Gasteiger partial charge in [-0.25, -0.2) is 8.78 Å². The van der Waals surface area contributed by atoms with Crippen molar-refractivity contribution < 1.29 is 23.4 Å². The first kappa shape index (κ1) is 18.9. The molecule has 2 N–H and O–H groups in total. The van der Waals surface area contributed by atoms with Crippen LogP contribution in [0.4, 0.5) is 14.5 Å². The van der Waals surface area contributed by atoms with E-state index >= 15 is 0 Å². The predicted octanol–water partition coefficient (Wildman–Crippen LogP) is 5.56. The van der Waals surface area contributed by atoms with Gasteiger partial charge in [0.05, 0.1) is 11.6 Å². The number of carboxylic acids is 1. The Labute approximate surface area is 166 Å². The zero-order chi connectivity index (χ0) is 20.4. The number of anilines is 1. The number of nitrogens with one attached hydrogen (secondary N) is 1. The summed E-state index contributed by atoms with van der Waals surface area (Å²) in [5.74, 6) is -1.91. The molecule has 2 atom stereocenters. The summed E-state index contributed by atoms with van der Waals surface area (Å²) in [7, 11) is 0. The Balaban J connectivity index is 1.43. The molecule has 0 bridgehead atoms. The van der Waals surface area contributed by atoms with Crippen molar-refractivity contribution in [3.05, 3.63) is 89.5 Å². The van der Waals surface area contributed by atoms with Crippen LogP contribution in [0.3, 0.4) is 0 Å². The van der Waals surface area contributed by atoms with Gasteiger partial charge in [-0.2, -0.15) is 0 Å². The van der Waals surface area contributed by atoms with E-state index in [-0.39, 0.29) is 17.8 Å². The number of benzene rings is 3. The van der Waals surface area contributed by atoms with Crippen LogP contribution in [-0.4, -0.2) is 11.1 Å². The van der Waals surface area contributed by atoms with E-state index in [0.717, 1.165) is 17.7 Å². The molecule has 1 aliphatic rings. The van der Waals surface area contributed by atoms with Crippen molar-refractivity contribution in [2.75, 3.05) is 5.32 Å². The Morgan fingerprint density at radius 3 is 2.48 bits per heavy atom. The van der Waals surface area contributed by atoms with Crippen LogP contribution in [0, 0.1) is 17.6 Å². The van der Waals surface area contributed by atoms with Crippen molar-refractivity contribution >= 4 is 11.7 Å². The second-order valence-electron chi connectivity index (χ2n) is 7.06. The van der Waals surface area contributed by atoms with Crippen molar-refractivity contribution in [1.82, 2.24) is 0 Å². The van der Waals surface area contributed by atoms with Gasteiger partial charge < -0.3 is 15.2 Å². The van der Waals surface area contributed by atoms with Crippen molar-refractivity contribution in [1.29, 1.82) is 0 Å². The lowest BCUT2D eigenvalue weighted by atomic mass is 10.1. The number of carbonyl (C=O) groups is 1. The summed E-state index contributed by atoms with van der Waals surface area (Å²) in [4.78, 5) is 11.0. The van der Waals surface area contributed by atoms with Crippen LogP contribution in [0.25, 0.3) is 0 Å². The highest BCUT2D eigenvalue weighted by Gasteiger charge is 2.45. The van der Waals surface area contributed by atoms with E-state index in [4.69, 9.17) is 9.84 Å². The lowest BCUT2D eigenvalue weighted by Crippen LogP contribution is -2.05. The molecule has 1 saturated carbocycles. The molecular weight excluding hydrogens is 376 g/mol. The average Bonchev–Trinajstić information content (AvgIpc) is 3.50. The van der Waals surface area contributed by atoms with E-state index in [0.29, 0.717) is 17.9 Å². The summed E-state index contributed by atoms with van der Waals surface area (Å²) in [6.45, 7) is 0.281. The van der Waals surface area contributed by atoms with Crippen molar-refractivity contribution in [3.8, 4) is 11.5 Å². The SMILES string of the molecule is O=C(O)C1CC1c1cc(F)c(NCc2cccc(Oc3ccccc3)c2)cc1F. The monoisotopic (exact) mass is 395 g/mol. The maximum Gasteiger partial charge on any atom is 0.307 e. The number of rotatable bonds is 7. The van der Waals surface area contributed by atoms with Crippen molar-refractivity contribution in [3.63, 3.8) is 0 Å². The summed E-state index contributed by atoms with van der Waals surface area (Å²) in [6, 6.07) is 18.9. The number of ether oxygens (including phenoxy) is 1. The third-order valence-electron chi connectivity index (χ3n) is 4.95. The van der Waals surface area contributed by atoms with E-state index in [2.05, 4.69) is 5.32 Å². The average molecular weight is 395 g/mol. The van der Waals surface area contributed by atoms with E-state index in [1.54, 1.807) is 0 Å². The van der Waals surface area contributed by atoms with Crippen molar-refractivity contribution in [2.24, 2.45) is 5.92 Å². The molecule has 3 aromatic rings. The minimum atomic E-state index is -0.977. The summed E-state index contributed by atoms with van der Waals surface area (Å²) >= 11 is 0. The first-order valence-electron chi connectivity index (χ1n) is 9.28. The molecule has 0 radical (unpaired) electrons. The van der Waals surface area contributed by atoms with Gasteiger partial charge in [0, 0.05) is 18.5 Å². The lowest BCUT2D eigenvalue weighted by molar-refractivity contribution is -0.138. The van der Waals surface area contributed by atoms with E-state index in [9.17, 15) is 13.6 Å². The maximum absolute atomic E-state index is 14.4. The fraction of sp³-hybridized carbons (Fsp3) is 0.174. The third-order valence-corrected chi connectivity index (χ3v) is 4.95. The highest BCUT2D eigenvalue weighted by molar-refractivity contribution is 5.75. The zero-order valence-electron chi connectivity index (χ0n) is 15.4. The normalized spacial score (nSPS) is 17.6. The Hall–Kier alpha value is -3.41. The molecule has 0 heterocycles. The van der Waals surface area contributed by atoms with E-state index in [1.807, 2.05) is 54.6 Å². The van der Waals surface area contributed by atoms with Gasteiger partial charge in [0.2, 0.25) is 0 Å². The van der Waals surface area contributed by atoms with Crippen LogP contribution in [0.5, 0.6) is 11.5 Å². The number of hydrogen-bond donors (Lipinski definition) is 2. The molecule has 1 fully saturated rings. The number of halogens is 2. The lowest BCUT2D eigenvalue weighted by Gasteiger charge is -2.12. The Kier molecular flexibility index (Phi) is 5.16. The highest BCUT2D eigenvalue weighted by atomic mass is 19.1. The van der Waals surface area contributed by atoms with Crippen LogP contribution in [0.15, 0.2) is 66.7 Å². The third kappa shape index (κ3) is 4.37. The summed E-state index contributed by atoms with van der Waals surface area (Å²) < 4.78 is 34.6. The second kappa shape index (κ2) is 7.91. The first-order valence-corrected chi connectivity index (χ1v) is 9.28. The van der Waals surface area contributed by atoms with E-state index in [1.165, 1.54) is 0 Å². The van der Waals surface area contributed by atoms with Crippen LogP contribution in [-0.2, 0) is 11.3 Å². The summed E-state index contributed by atoms with van der Waals surface area (Å²) in [5, 5.41) is 11.9. The smallest absolute Gasteiger partial charge is 0.307 e. The quantitative estimate of drug-likeness (QED) is 0.550. The first-order chi connectivity index (χ1) is 14.0. The Bertz CT molecular complexity index is 1040. The van der Waals surface area contributed by atoms with Crippen molar-refractivity contribution in [2.45, 2.75) is 18.9 Å². The topological polar surface area (TPSA) is 58.6 Å². The fourth-order valence-electron chi connectivity index (χ4n) is 3.33. The molecule has 0 amide bonds. The van der Waals surface area contributed by atoms with Crippen LogP contribution in [0.2, 0.25) is 0 Å². The largest absolute Gasteiger partial charge is 0.481 e. The Morgan fingerprint density at radius 2 is 1.76 bits per heavy atom. The van der Waals surface area contributed by atoms with Gasteiger partial charge in [-0.05, 0) is 47.9 Å². The number of aliphatic carboxylic acids is 1. The molecule has 148 valence electrons. The van der Waals surface area contributed by atoms with E-state index < -0.39 is 29.4 Å². The minimum absolute atomic E-state index is 0.0353. The summed E-state index contributed by atoms with van der Waals surface area (Å²) in [6.07, 6.45) is 0.340. The molecule has 0 spiro atoms. The highest BCUT2D eigenvalue weighted by Crippen LogP contribution is 2.49. The minimum Gasteiger partial charge on any atom is -0.481 e. The number of para-hydroxylation sites is 1. The van der Waals surface area contributed by atoms with Gasteiger partial charge in [0.1, 0.15) is 23.1 Å². The molecule has 6 heteroatoms.